The minimum atomic E-state index is 0.564. The molecule has 0 aliphatic heterocycles. The van der Waals surface area contributed by atoms with E-state index in [1.807, 2.05) is 11.3 Å². The van der Waals surface area contributed by atoms with Crippen molar-refractivity contribution in [3.63, 3.8) is 0 Å². The largest absolute Gasteiger partial charge is 0.245 e. The summed E-state index contributed by atoms with van der Waals surface area (Å²) in [5.74, 6) is 1.98. The summed E-state index contributed by atoms with van der Waals surface area (Å²) in [5.41, 5.74) is 1.36. The number of unbranched alkanes of at least 4 members (excludes halogenated alkanes) is 2. The fourth-order valence-corrected chi connectivity index (χ4v) is 3.54. The van der Waals surface area contributed by atoms with Gasteiger partial charge in [-0.2, -0.15) is 0 Å². The van der Waals surface area contributed by atoms with Crippen molar-refractivity contribution in [3.05, 3.63) is 15.6 Å². The van der Waals surface area contributed by atoms with Crippen LogP contribution in [0, 0.1) is 5.92 Å². The van der Waals surface area contributed by atoms with Gasteiger partial charge in [-0.1, -0.05) is 60.8 Å². The smallest absolute Gasteiger partial charge is 0.0956 e. The maximum absolute atomic E-state index is 4.85. The van der Waals surface area contributed by atoms with E-state index in [-0.39, 0.29) is 0 Å². The molecule has 0 unspecified atom stereocenters. The van der Waals surface area contributed by atoms with Crippen LogP contribution in [0.25, 0.3) is 0 Å². The Hall–Kier alpha value is -0.370. The van der Waals surface area contributed by atoms with Crippen LogP contribution < -0.4 is 0 Å². The molecule has 1 heterocycles. The average molecular weight is 282 g/mol. The summed E-state index contributed by atoms with van der Waals surface area (Å²) >= 11 is 1.95. The summed E-state index contributed by atoms with van der Waals surface area (Å²) < 4.78 is 0. The summed E-state index contributed by atoms with van der Waals surface area (Å²) in [5, 5.41) is 1.32. The summed E-state index contributed by atoms with van der Waals surface area (Å²) in [6.07, 6.45) is 6.67. The van der Waals surface area contributed by atoms with Crippen LogP contribution in [0.1, 0.15) is 94.6 Å². The molecule has 0 spiro atoms. The van der Waals surface area contributed by atoms with Crippen LogP contribution in [-0.4, -0.2) is 4.98 Å². The van der Waals surface area contributed by atoms with E-state index >= 15 is 0 Å². The van der Waals surface area contributed by atoms with Crippen molar-refractivity contribution in [2.75, 3.05) is 0 Å². The maximum atomic E-state index is 4.85. The van der Waals surface area contributed by atoms with Gasteiger partial charge in [-0.25, -0.2) is 4.98 Å². The second kappa shape index (κ2) is 8.04. The van der Waals surface area contributed by atoms with Crippen molar-refractivity contribution in [3.8, 4) is 0 Å². The standard InChI is InChI=1S/C17H31NS/c1-12(2)10-8-7-9-11-15-16(13(3)4)18-17(19-15)14(5)6/h12-14H,7-11H2,1-6H3. The number of aromatic nitrogens is 1. The fourth-order valence-electron chi connectivity index (χ4n) is 2.27. The quantitative estimate of drug-likeness (QED) is 0.521. The molecule has 0 amide bonds. The first-order valence-electron chi connectivity index (χ1n) is 7.91. The summed E-state index contributed by atoms with van der Waals surface area (Å²) in [4.78, 5) is 6.40. The van der Waals surface area contributed by atoms with Gasteiger partial charge in [-0.15, -0.1) is 11.3 Å². The number of thiazole rings is 1. The molecule has 0 N–H and O–H groups in total. The van der Waals surface area contributed by atoms with Crippen molar-refractivity contribution < 1.29 is 0 Å². The highest BCUT2D eigenvalue weighted by Crippen LogP contribution is 2.30. The van der Waals surface area contributed by atoms with Gasteiger partial charge >= 0.3 is 0 Å². The monoisotopic (exact) mass is 281 g/mol. The van der Waals surface area contributed by atoms with E-state index in [1.54, 1.807) is 4.88 Å². The molecule has 0 bridgehead atoms. The topological polar surface area (TPSA) is 12.9 Å². The van der Waals surface area contributed by atoms with E-state index in [2.05, 4.69) is 41.5 Å². The minimum Gasteiger partial charge on any atom is -0.245 e. The number of nitrogens with zero attached hydrogens (tertiary/aromatic N) is 1. The Kier molecular flexibility index (Phi) is 7.06. The first-order chi connectivity index (χ1) is 8.91. The van der Waals surface area contributed by atoms with Crippen LogP contribution in [-0.2, 0) is 6.42 Å². The fraction of sp³-hybridized carbons (Fsp3) is 0.824. The van der Waals surface area contributed by atoms with Gasteiger partial charge < -0.3 is 0 Å². The highest BCUT2D eigenvalue weighted by molar-refractivity contribution is 7.11. The molecule has 110 valence electrons. The Morgan fingerprint density at radius 2 is 1.58 bits per heavy atom. The lowest BCUT2D eigenvalue weighted by molar-refractivity contribution is 0.527. The summed E-state index contributed by atoms with van der Waals surface area (Å²) in [6.45, 7) is 13.7. The lowest BCUT2D eigenvalue weighted by Crippen LogP contribution is -1.95. The molecule has 19 heavy (non-hydrogen) atoms. The highest BCUT2D eigenvalue weighted by Gasteiger charge is 2.15. The van der Waals surface area contributed by atoms with E-state index in [0.717, 1.165) is 5.92 Å². The molecule has 0 aliphatic carbocycles. The van der Waals surface area contributed by atoms with Crippen molar-refractivity contribution in [1.29, 1.82) is 0 Å². The molecule has 2 heteroatoms. The average Bonchev–Trinajstić information content (AvgIpc) is 2.72. The molecule has 0 saturated heterocycles. The van der Waals surface area contributed by atoms with Crippen LogP contribution in [0.5, 0.6) is 0 Å². The zero-order valence-electron chi connectivity index (χ0n) is 13.6. The number of hydrogen-bond acceptors (Lipinski definition) is 2. The van der Waals surface area contributed by atoms with Crippen LogP contribution in [0.2, 0.25) is 0 Å². The second-order valence-electron chi connectivity index (χ2n) is 6.66. The van der Waals surface area contributed by atoms with Crippen LogP contribution in [0.3, 0.4) is 0 Å². The first kappa shape index (κ1) is 16.7. The second-order valence-corrected chi connectivity index (χ2v) is 7.78. The van der Waals surface area contributed by atoms with Crippen molar-refractivity contribution in [2.45, 2.75) is 85.5 Å². The Morgan fingerprint density at radius 1 is 0.895 bits per heavy atom. The van der Waals surface area contributed by atoms with Gasteiger partial charge in [0.05, 0.1) is 10.7 Å². The number of aryl methyl sites for hydroxylation is 1. The third-order valence-electron chi connectivity index (χ3n) is 3.47. The van der Waals surface area contributed by atoms with E-state index in [0.29, 0.717) is 11.8 Å². The lowest BCUT2D eigenvalue weighted by atomic mass is 10.0. The normalized spacial score (nSPS) is 12.1. The van der Waals surface area contributed by atoms with Crippen molar-refractivity contribution in [1.82, 2.24) is 4.98 Å². The van der Waals surface area contributed by atoms with Gasteiger partial charge in [0.2, 0.25) is 0 Å². The summed E-state index contributed by atoms with van der Waals surface area (Å²) in [7, 11) is 0. The molecule has 1 aromatic rings. The van der Waals surface area contributed by atoms with E-state index in [9.17, 15) is 0 Å². The molecular formula is C17H31NS. The predicted octanol–water partition coefficient (Wildman–Crippen LogP) is 6.15. The Labute approximate surface area is 123 Å². The van der Waals surface area contributed by atoms with E-state index in [1.165, 1.54) is 42.8 Å². The van der Waals surface area contributed by atoms with Gasteiger partial charge in [0, 0.05) is 10.8 Å². The zero-order chi connectivity index (χ0) is 14.4. The van der Waals surface area contributed by atoms with Crippen molar-refractivity contribution >= 4 is 11.3 Å². The van der Waals surface area contributed by atoms with Crippen LogP contribution in [0.15, 0.2) is 0 Å². The van der Waals surface area contributed by atoms with E-state index < -0.39 is 0 Å². The Balaban J connectivity index is 2.52. The minimum absolute atomic E-state index is 0.564. The molecular weight excluding hydrogens is 250 g/mol. The number of hydrogen-bond donors (Lipinski definition) is 0. The van der Waals surface area contributed by atoms with Gasteiger partial charge in [0.1, 0.15) is 0 Å². The Morgan fingerprint density at radius 3 is 2.11 bits per heavy atom. The molecule has 0 radical (unpaired) electrons. The zero-order valence-corrected chi connectivity index (χ0v) is 14.4. The van der Waals surface area contributed by atoms with Gasteiger partial charge in [0.15, 0.2) is 0 Å². The summed E-state index contributed by atoms with van der Waals surface area (Å²) in [6, 6.07) is 0. The third-order valence-corrected chi connectivity index (χ3v) is 4.90. The third kappa shape index (κ3) is 5.64. The first-order valence-corrected chi connectivity index (χ1v) is 8.73. The predicted molar refractivity (Wildman–Crippen MR) is 87.3 cm³/mol. The van der Waals surface area contributed by atoms with E-state index in [4.69, 9.17) is 4.98 Å². The van der Waals surface area contributed by atoms with Gasteiger partial charge in [0.25, 0.3) is 0 Å². The maximum Gasteiger partial charge on any atom is 0.0956 e. The highest BCUT2D eigenvalue weighted by atomic mass is 32.1. The number of rotatable bonds is 8. The molecule has 0 saturated carbocycles. The Bertz CT molecular complexity index is 363. The SMILES string of the molecule is CC(C)CCCCCc1sc(C(C)C)nc1C(C)C. The van der Waals surface area contributed by atoms with Crippen LogP contribution >= 0.6 is 11.3 Å². The van der Waals surface area contributed by atoms with Crippen LogP contribution in [0.4, 0.5) is 0 Å². The molecule has 0 fully saturated rings. The molecule has 1 nitrogen and oxygen atoms in total. The van der Waals surface area contributed by atoms with Gasteiger partial charge in [-0.05, 0) is 24.7 Å². The van der Waals surface area contributed by atoms with Gasteiger partial charge in [-0.3, -0.25) is 0 Å². The lowest BCUT2D eigenvalue weighted by Gasteiger charge is -2.06. The van der Waals surface area contributed by atoms with Crippen molar-refractivity contribution in [2.24, 2.45) is 5.92 Å². The molecule has 0 atom stereocenters. The molecule has 1 rings (SSSR count). The molecule has 0 aromatic carbocycles. The molecule has 1 aromatic heterocycles. The molecule has 0 aliphatic rings.